The van der Waals surface area contributed by atoms with Crippen LogP contribution in [0.15, 0.2) is 28.7 Å². The highest BCUT2D eigenvalue weighted by atomic mass is 79.9. The van der Waals surface area contributed by atoms with Crippen molar-refractivity contribution in [3.8, 4) is 0 Å². The summed E-state index contributed by atoms with van der Waals surface area (Å²) in [4.78, 5) is 37.5. The Hall–Kier alpha value is -1.32. The van der Waals surface area contributed by atoms with Gasteiger partial charge in [-0.15, -0.1) is 11.3 Å². The van der Waals surface area contributed by atoms with Crippen LogP contribution in [0.1, 0.15) is 49.8 Å². The molecule has 1 aromatic heterocycles. The molecule has 0 radical (unpaired) electrons. The molecule has 0 saturated heterocycles. The topological polar surface area (TPSA) is 84.5 Å². The summed E-state index contributed by atoms with van der Waals surface area (Å²) in [6, 6.07) is 6.75. The Kier molecular flexibility index (Phi) is 8.59. The van der Waals surface area contributed by atoms with Gasteiger partial charge >= 0.3 is 5.97 Å². The van der Waals surface area contributed by atoms with Crippen LogP contribution in [-0.4, -0.2) is 34.2 Å². The lowest BCUT2D eigenvalue weighted by Crippen LogP contribution is -2.49. The largest absolute Gasteiger partial charge is 0.462 e. The quantitative estimate of drug-likeness (QED) is 0.197. The number of nitrogens with one attached hydrogen (secondary N) is 2. The minimum absolute atomic E-state index is 0.148. The lowest BCUT2D eigenvalue weighted by atomic mass is 10.1. The average Bonchev–Trinajstić information content (AvgIpc) is 2.97. The summed E-state index contributed by atoms with van der Waals surface area (Å²) in [6.45, 7) is 4.84. The lowest BCUT2D eigenvalue weighted by Gasteiger charge is -2.27. The van der Waals surface area contributed by atoms with Crippen LogP contribution in [-0.2, 0) is 4.74 Å². The molecule has 0 aliphatic rings. The molecule has 1 atom stereocenters. The first-order chi connectivity index (χ1) is 14.0. The van der Waals surface area contributed by atoms with Crippen molar-refractivity contribution in [3.63, 3.8) is 0 Å². The van der Waals surface area contributed by atoms with Gasteiger partial charge in [-0.1, -0.05) is 46.9 Å². The zero-order valence-corrected chi connectivity index (χ0v) is 20.8. The molecule has 2 rings (SSSR count). The first-order valence-corrected chi connectivity index (χ1v) is 11.4. The molecule has 0 spiro atoms. The van der Waals surface area contributed by atoms with Gasteiger partial charge in [-0.2, -0.15) is 0 Å². The Morgan fingerprint density at radius 1 is 1.23 bits per heavy atom. The van der Waals surface area contributed by atoms with Crippen molar-refractivity contribution < 1.29 is 19.1 Å². The van der Waals surface area contributed by atoms with Gasteiger partial charge < -0.3 is 15.4 Å². The summed E-state index contributed by atoms with van der Waals surface area (Å²) in [7, 11) is 0. The number of ketones is 1. The number of ether oxygens (including phenoxy) is 1. The van der Waals surface area contributed by atoms with E-state index >= 15 is 0 Å². The molecule has 30 heavy (non-hydrogen) atoms. The third-order valence-electron chi connectivity index (χ3n) is 3.94. The van der Waals surface area contributed by atoms with E-state index in [1.807, 2.05) is 0 Å². The summed E-state index contributed by atoms with van der Waals surface area (Å²) in [5.41, 5.74) is 0.936. The molecule has 0 aliphatic carbocycles. The third kappa shape index (κ3) is 5.88. The molecule has 0 aliphatic heterocycles. The number of carbonyl (C=O) groups is 3. The number of thiophene rings is 1. The normalized spacial score (nSPS) is 12.2. The molecule has 2 N–H and O–H groups in total. The molecule has 1 amide bonds. The van der Waals surface area contributed by atoms with Crippen LogP contribution < -0.4 is 10.6 Å². The van der Waals surface area contributed by atoms with Crippen molar-refractivity contribution in [2.75, 3.05) is 11.9 Å². The molecule has 0 fully saturated rings. The molecule has 1 aromatic carbocycles. The number of hydrogen-bond donors (Lipinski definition) is 2. The maximum atomic E-state index is 12.7. The SMILES string of the molecule is CCOC(=O)c1c(NC(NC(=O)c2ccccc2Br)C(Cl)(Cl)Cl)sc(C(C)=O)c1C. The Balaban J connectivity index is 2.43. The number of anilines is 1. The monoisotopic (exact) mass is 554 g/mol. The summed E-state index contributed by atoms with van der Waals surface area (Å²) >= 11 is 22.6. The van der Waals surface area contributed by atoms with Gasteiger partial charge in [0.1, 0.15) is 11.2 Å². The maximum absolute atomic E-state index is 12.7. The first kappa shape index (κ1) is 24.9. The van der Waals surface area contributed by atoms with Crippen molar-refractivity contribution in [3.05, 3.63) is 50.3 Å². The molecule has 1 heterocycles. The molecule has 0 bridgehead atoms. The van der Waals surface area contributed by atoms with Gasteiger partial charge in [0, 0.05) is 4.47 Å². The van der Waals surface area contributed by atoms with Crippen LogP contribution in [0.5, 0.6) is 0 Å². The Bertz CT molecular complexity index is 975. The highest BCUT2D eigenvalue weighted by Crippen LogP contribution is 2.38. The zero-order chi connectivity index (χ0) is 22.6. The predicted octanol–water partition coefficient (Wildman–Crippen LogP) is 5.74. The fraction of sp³-hybridized carbons (Fsp3) is 0.316. The van der Waals surface area contributed by atoms with Crippen molar-refractivity contribution >= 4 is 84.7 Å². The predicted molar refractivity (Wildman–Crippen MR) is 124 cm³/mol. The Labute approximate surface area is 201 Å². The van der Waals surface area contributed by atoms with E-state index in [0.717, 1.165) is 11.3 Å². The van der Waals surface area contributed by atoms with E-state index < -0.39 is 21.8 Å². The molecule has 0 saturated carbocycles. The van der Waals surface area contributed by atoms with Crippen LogP contribution >= 0.6 is 62.1 Å². The van der Waals surface area contributed by atoms with Crippen LogP contribution in [0, 0.1) is 6.92 Å². The van der Waals surface area contributed by atoms with E-state index in [1.54, 1.807) is 38.1 Å². The maximum Gasteiger partial charge on any atom is 0.341 e. The fourth-order valence-corrected chi connectivity index (χ4v) is 4.50. The van der Waals surface area contributed by atoms with E-state index in [9.17, 15) is 14.4 Å². The van der Waals surface area contributed by atoms with Gasteiger partial charge in [0.25, 0.3) is 5.91 Å². The highest BCUT2D eigenvalue weighted by Gasteiger charge is 2.36. The number of carbonyl (C=O) groups excluding carboxylic acids is 3. The third-order valence-corrected chi connectivity index (χ3v) is 6.61. The van der Waals surface area contributed by atoms with E-state index in [2.05, 4.69) is 26.6 Å². The smallest absolute Gasteiger partial charge is 0.341 e. The summed E-state index contributed by atoms with van der Waals surface area (Å²) in [5, 5.41) is 5.75. The highest BCUT2D eigenvalue weighted by molar-refractivity contribution is 9.10. The lowest BCUT2D eigenvalue weighted by molar-refractivity contribution is 0.0527. The van der Waals surface area contributed by atoms with Gasteiger partial charge in [0.05, 0.1) is 22.6 Å². The summed E-state index contributed by atoms with van der Waals surface area (Å²) in [6.07, 6.45) is -1.21. The van der Waals surface area contributed by atoms with Gasteiger partial charge in [0.2, 0.25) is 3.79 Å². The Morgan fingerprint density at radius 2 is 1.87 bits per heavy atom. The number of esters is 1. The number of halogens is 4. The molecule has 6 nitrogen and oxygen atoms in total. The van der Waals surface area contributed by atoms with Gasteiger partial charge in [-0.05, 0) is 54.4 Å². The first-order valence-electron chi connectivity index (χ1n) is 8.67. The fourth-order valence-electron chi connectivity index (χ4n) is 2.59. The number of Topliss-reactive ketones (excluding diaryl/α,β-unsaturated/α-hetero) is 1. The van der Waals surface area contributed by atoms with Gasteiger partial charge in [0.15, 0.2) is 5.78 Å². The van der Waals surface area contributed by atoms with Crippen molar-refractivity contribution in [1.29, 1.82) is 0 Å². The molecule has 1 unspecified atom stereocenters. The standard InChI is InChI=1S/C19H18BrCl3N2O4S/c1-4-29-17(28)13-9(2)14(10(3)26)30-16(13)25-18(19(21,22)23)24-15(27)11-7-5-6-8-12(11)20/h5-8,18,25H,4H2,1-3H3,(H,24,27). The van der Waals surface area contributed by atoms with Gasteiger partial charge in [-0.3, -0.25) is 9.59 Å². The van der Waals surface area contributed by atoms with E-state index in [1.165, 1.54) is 6.92 Å². The van der Waals surface area contributed by atoms with E-state index in [4.69, 9.17) is 39.5 Å². The number of amides is 1. The second-order valence-corrected chi connectivity index (χ2v) is 10.4. The van der Waals surface area contributed by atoms with Crippen LogP contribution in [0.25, 0.3) is 0 Å². The molecular weight excluding hydrogens is 539 g/mol. The van der Waals surface area contributed by atoms with Gasteiger partial charge in [-0.25, -0.2) is 4.79 Å². The second kappa shape index (κ2) is 10.3. The molecule has 2 aromatic rings. The number of hydrogen-bond acceptors (Lipinski definition) is 6. The van der Waals surface area contributed by atoms with E-state index in [0.29, 0.717) is 20.5 Å². The van der Waals surface area contributed by atoms with Crippen molar-refractivity contribution in [2.24, 2.45) is 0 Å². The minimum atomic E-state index is -1.98. The summed E-state index contributed by atoms with van der Waals surface area (Å²) in [5.74, 6) is -1.36. The van der Waals surface area contributed by atoms with Crippen LogP contribution in [0.3, 0.4) is 0 Å². The van der Waals surface area contributed by atoms with Crippen molar-refractivity contribution in [2.45, 2.75) is 30.7 Å². The average molecular weight is 557 g/mol. The van der Waals surface area contributed by atoms with Crippen LogP contribution in [0.4, 0.5) is 5.00 Å². The van der Waals surface area contributed by atoms with E-state index in [-0.39, 0.29) is 23.0 Å². The molecule has 11 heteroatoms. The van der Waals surface area contributed by atoms with Crippen molar-refractivity contribution in [1.82, 2.24) is 5.32 Å². The summed E-state index contributed by atoms with van der Waals surface area (Å²) < 4.78 is 3.68. The minimum Gasteiger partial charge on any atom is -0.462 e. The number of benzene rings is 1. The Morgan fingerprint density at radius 3 is 2.40 bits per heavy atom. The zero-order valence-electron chi connectivity index (χ0n) is 16.1. The number of alkyl halides is 3. The number of rotatable bonds is 7. The molecular formula is C19H18BrCl3N2O4S. The second-order valence-electron chi connectivity index (χ2n) is 6.11. The molecule has 162 valence electrons. The van der Waals surface area contributed by atoms with Crippen LogP contribution in [0.2, 0.25) is 0 Å².